The summed E-state index contributed by atoms with van der Waals surface area (Å²) in [7, 11) is 0. The smallest absolute Gasteiger partial charge is 0.260 e. The molecule has 0 atom stereocenters. The van der Waals surface area contributed by atoms with Crippen LogP contribution in [-0.4, -0.2) is 41.1 Å². The summed E-state index contributed by atoms with van der Waals surface area (Å²) < 4.78 is 6.10. The molecule has 1 N–H and O–H groups in total. The number of pyridine rings is 1. The maximum Gasteiger partial charge on any atom is 0.260 e. The van der Waals surface area contributed by atoms with Gasteiger partial charge in [0.15, 0.2) is 0 Å². The molecule has 0 bridgehead atoms. The number of H-pyrrole nitrogens is 1. The maximum atomic E-state index is 12.3. The first-order valence-corrected chi connectivity index (χ1v) is 7.86. The van der Waals surface area contributed by atoms with Crippen molar-refractivity contribution in [1.82, 2.24) is 9.88 Å². The molecule has 2 heterocycles. The van der Waals surface area contributed by atoms with E-state index < -0.39 is 0 Å². The Morgan fingerprint density at radius 2 is 1.81 bits per heavy atom. The number of hydrogen-bond donors (Lipinski definition) is 1. The number of carbonyl (C=O) groups excluding carboxylic acids is 1. The number of amides is 1. The molecule has 2 fully saturated rings. The van der Waals surface area contributed by atoms with Crippen LogP contribution in [0, 0.1) is 0 Å². The fraction of sp³-hybridized carbons (Fsp3) is 0.625. The number of aromatic amines is 1. The maximum absolute atomic E-state index is 12.3. The average molecular weight is 290 g/mol. The Balaban J connectivity index is 1.54. The molecule has 0 aromatic carbocycles. The van der Waals surface area contributed by atoms with Gasteiger partial charge in [-0.1, -0.05) is 12.8 Å². The van der Waals surface area contributed by atoms with E-state index >= 15 is 0 Å². The molecule has 114 valence electrons. The number of aromatic nitrogens is 1. The lowest BCUT2D eigenvalue weighted by atomic mass is 10.1. The number of ether oxygens (including phenoxy) is 1. The van der Waals surface area contributed by atoms with Gasteiger partial charge in [0, 0.05) is 19.3 Å². The molecule has 0 unspecified atom stereocenters. The van der Waals surface area contributed by atoms with Crippen LogP contribution in [0.25, 0.3) is 0 Å². The molecule has 5 nitrogen and oxygen atoms in total. The lowest BCUT2D eigenvalue weighted by Gasteiger charge is -2.33. The lowest BCUT2D eigenvalue weighted by molar-refractivity contribution is -0.0357. The fourth-order valence-corrected chi connectivity index (χ4v) is 3.25. The molecule has 0 radical (unpaired) electrons. The van der Waals surface area contributed by atoms with Crippen LogP contribution in [0.15, 0.2) is 23.1 Å². The van der Waals surface area contributed by atoms with Crippen molar-refractivity contribution in [2.24, 2.45) is 0 Å². The van der Waals surface area contributed by atoms with Crippen LogP contribution in [0.5, 0.6) is 0 Å². The van der Waals surface area contributed by atoms with Gasteiger partial charge in [-0.05, 0) is 37.8 Å². The highest BCUT2D eigenvalue weighted by atomic mass is 16.5. The minimum atomic E-state index is -0.313. The van der Waals surface area contributed by atoms with E-state index in [1.165, 1.54) is 25.7 Å². The first kappa shape index (κ1) is 14.3. The van der Waals surface area contributed by atoms with Crippen molar-refractivity contribution >= 4 is 5.91 Å². The predicted molar refractivity (Wildman–Crippen MR) is 79.3 cm³/mol. The summed E-state index contributed by atoms with van der Waals surface area (Å²) in [5.74, 6) is -0.170. The van der Waals surface area contributed by atoms with Crippen molar-refractivity contribution in [1.29, 1.82) is 0 Å². The quantitative estimate of drug-likeness (QED) is 0.925. The number of piperidine rings is 1. The van der Waals surface area contributed by atoms with Crippen LogP contribution in [0.3, 0.4) is 0 Å². The molecule has 1 aromatic heterocycles. The van der Waals surface area contributed by atoms with E-state index in [2.05, 4.69) is 4.98 Å². The van der Waals surface area contributed by atoms with E-state index in [0.717, 1.165) is 12.8 Å². The molecule has 1 amide bonds. The highest BCUT2D eigenvalue weighted by molar-refractivity contribution is 5.93. The highest BCUT2D eigenvalue weighted by Gasteiger charge is 2.27. The summed E-state index contributed by atoms with van der Waals surface area (Å²) in [4.78, 5) is 28.3. The third-order valence-electron chi connectivity index (χ3n) is 4.46. The summed E-state index contributed by atoms with van der Waals surface area (Å²) in [6.45, 7) is 1.34. The molecule has 5 heteroatoms. The largest absolute Gasteiger partial charge is 0.375 e. The van der Waals surface area contributed by atoms with Crippen LogP contribution >= 0.6 is 0 Å². The van der Waals surface area contributed by atoms with Gasteiger partial charge in [0.2, 0.25) is 0 Å². The van der Waals surface area contributed by atoms with Crippen molar-refractivity contribution < 1.29 is 9.53 Å². The first-order chi connectivity index (χ1) is 10.2. The van der Waals surface area contributed by atoms with Crippen LogP contribution in [0.2, 0.25) is 0 Å². The van der Waals surface area contributed by atoms with Gasteiger partial charge in [0.1, 0.15) is 5.56 Å². The Kier molecular flexibility index (Phi) is 4.39. The third-order valence-corrected chi connectivity index (χ3v) is 4.46. The zero-order chi connectivity index (χ0) is 14.7. The molecule has 0 spiro atoms. The number of hydrogen-bond acceptors (Lipinski definition) is 3. The SMILES string of the molecule is O=C(c1ccc[nH]c1=O)N1CCC(OC2CCCC2)CC1. The molecular formula is C16H22N2O3. The Morgan fingerprint density at radius 3 is 2.48 bits per heavy atom. The minimum absolute atomic E-state index is 0.170. The first-order valence-electron chi connectivity index (χ1n) is 7.86. The minimum Gasteiger partial charge on any atom is -0.375 e. The fourth-order valence-electron chi connectivity index (χ4n) is 3.25. The van der Waals surface area contributed by atoms with Gasteiger partial charge in [-0.2, -0.15) is 0 Å². The molecule has 1 aliphatic heterocycles. The van der Waals surface area contributed by atoms with E-state index in [9.17, 15) is 9.59 Å². The lowest BCUT2D eigenvalue weighted by Crippen LogP contribution is -2.43. The second-order valence-corrected chi connectivity index (χ2v) is 5.95. The molecule has 1 saturated heterocycles. The Morgan fingerprint density at radius 1 is 1.14 bits per heavy atom. The average Bonchev–Trinajstić information content (AvgIpc) is 3.01. The molecule has 1 aliphatic carbocycles. The number of nitrogens with one attached hydrogen (secondary N) is 1. The summed E-state index contributed by atoms with van der Waals surface area (Å²) in [5, 5.41) is 0. The van der Waals surface area contributed by atoms with Gasteiger partial charge in [-0.15, -0.1) is 0 Å². The standard InChI is InChI=1S/C16H22N2O3/c19-15-14(6-3-9-17-15)16(20)18-10-7-13(8-11-18)21-12-4-1-2-5-12/h3,6,9,12-13H,1-2,4-5,7-8,10-11H2,(H,17,19). The van der Waals surface area contributed by atoms with Gasteiger partial charge >= 0.3 is 0 Å². The number of rotatable bonds is 3. The summed E-state index contributed by atoms with van der Waals surface area (Å²) in [6.07, 6.45) is 8.88. The third kappa shape index (κ3) is 3.35. The summed E-state index contributed by atoms with van der Waals surface area (Å²) in [5.41, 5.74) is -0.0838. The highest BCUT2D eigenvalue weighted by Crippen LogP contribution is 2.25. The molecule has 3 rings (SSSR count). The molecule has 2 aliphatic rings. The predicted octanol–water partition coefficient (Wildman–Crippen LogP) is 1.94. The zero-order valence-corrected chi connectivity index (χ0v) is 12.2. The number of nitrogens with zero attached hydrogens (tertiary/aromatic N) is 1. The van der Waals surface area contributed by atoms with Gasteiger partial charge in [-0.3, -0.25) is 9.59 Å². The van der Waals surface area contributed by atoms with Gasteiger partial charge < -0.3 is 14.6 Å². The molecule has 21 heavy (non-hydrogen) atoms. The van der Waals surface area contributed by atoms with Crippen molar-refractivity contribution in [2.45, 2.75) is 50.7 Å². The van der Waals surface area contributed by atoms with Crippen molar-refractivity contribution in [3.8, 4) is 0 Å². The van der Waals surface area contributed by atoms with Crippen molar-refractivity contribution in [3.05, 3.63) is 34.2 Å². The molecular weight excluding hydrogens is 268 g/mol. The van der Waals surface area contributed by atoms with Gasteiger partial charge in [0.05, 0.1) is 12.2 Å². The summed E-state index contributed by atoms with van der Waals surface area (Å²) >= 11 is 0. The van der Waals surface area contributed by atoms with Crippen LogP contribution in [0.1, 0.15) is 48.9 Å². The topological polar surface area (TPSA) is 62.4 Å². The molecule has 1 saturated carbocycles. The Labute approximate surface area is 124 Å². The van der Waals surface area contributed by atoms with E-state index in [1.807, 2.05) is 0 Å². The Bertz CT molecular complexity index is 540. The van der Waals surface area contributed by atoms with Gasteiger partial charge in [0.25, 0.3) is 11.5 Å². The van der Waals surface area contributed by atoms with E-state index in [-0.39, 0.29) is 23.1 Å². The van der Waals surface area contributed by atoms with Crippen LogP contribution in [-0.2, 0) is 4.74 Å². The number of likely N-dealkylation sites (tertiary alicyclic amines) is 1. The van der Waals surface area contributed by atoms with Crippen molar-refractivity contribution in [2.75, 3.05) is 13.1 Å². The number of carbonyl (C=O) groups is 1. The van der Waals surface area contributed by atoms with Gasteiger partial charge in [-0.25, -0.2) is 0 Å². The second-order valence-electron chi connectivity index (χ2n) is 5.95. The van der Waals surface area contributed by atoms with E-state index in [4.69, 9.17) is 4.74 Å². The zero-order valence-electron chi connectivity index (χ0n) is 12.2. The monoisotopic (exact) mass is 290 g/mol. The van der Waals surface area contributed by atoms with Crippen LogP contribution < -0.4 is 5.56 Å². The van der Waals surface area contributed by atoms with E-state index in [0.29, 0.717) is 19.2 Å². The van der Waals surface area contributed by atoms with Crippen molar-refractivity contribution in [3.63, 3.8) is 0 Å². The Hall–Kier alpha value is -1.62. The summed E-state index contributed by atoms with van der Waals surface area (Å²) in [6, 6.07) is 3.27. The molecule has 1 aromatic rings. The second kappa shape index (κ2) is 6.43. The van der Waals surface area contributed by atoms with E-state index in [1.54, 1.807) is 23.2 Å². The normalized spacial score (nSPS) is 20.9. The van der Waals surface area contributed by atoms with Crippen LogP contribution in [0.4, 0.5) is 0 Å².